The van der Waals surface area contributed by atoms with E-state index in [2.05, 4.69) is 56.1 Å². The maximum atomic E-state index is 3.93. The monoisotopic (exact) mass is 470 g/mol. The fourth-order valence-electron chi connectivity index (χ4n) is 6.47. The molecule has 0 unspecified atom stereocenters. The SMILES string of the molecule is Brc1cc2c(cc1-c1cc3c(cc1Br)C1CCC3CC1)C1CCC2CC1. The van der Waals surface area contributed by atoms with E-state index < -0.39 is 0 Å². The summed E-state index contributed by atoms with van der Waals surface area (Å²) < 4.78 is 2.57. The molecule has 6 aliphatic carbocycles. The highest BCUT2D eigenvalue weighted by atomic mass is 79.9. The Bertz CT molecular complexity index is 821. The first-order valence-electron chi connectivity index (χ1n) is 10.4. The van der Waals surface area contributed by atoms with E-state index in [0.29, 0.717) is 0 Å². The molecule has 26 heavy (non-hydrogen) atoms. The Hall–Kier alpha value is -0.600. The summed E-state index contributed by atoms with van der Waals surface area (Å²) in [6.07, 6.45) is 11.2. The second-order valence-electron chi connectivity index (χ2n) is 9.02. The summed E-state index contributed by atoms with van der Waals surface area (Å²) in [6.45, 7) is 0. The van der Waals surface area contributed by atoms with E-state index in [-0.39, 0.29) is 0 Å². The maximum absolute atomic E-state index is 3.93. The fraction of sp³-hybridized carbons (Fsp3) is 0.500. The van der Waals surface area contributed by atoms with E-state index in [1.165, 1.54) is 71.4 Å². The Kier molecular flexibility index (Phi) is 3.74. The van der Waals surface area contributed by atoms with Crippen LogP contribution in [-0.2, 0) is 0 Å². The van der Waals surface area contributed by atoms with Gasteiger partial charge in [0.1, 0.15) is 0 Å². The number of rotatable bonds is 1. The van der Waals surface area contributed by atoms with Crippen molar-refractivity contribution in [1.29, 1.82) is 0 Å². The van der Waals surface area contributed by atoms with E-state index in [1.54, 1.807) is 22.3 Å². The van der Waals surface area contributed by atoms with Crippen LogP contribution in [-0.4, -0.2) is 0 Å². The third-order valence-corrected chi connectivity index (χ3v) is 9.16. The average Bonchev–Trinajstić information content (AvgIpc) is 2.69. The summed E-state index contributed by atoms with van der Waals surface area (Å²) in [5.41, 5.74) is 9.36. The van der Waals surface area contributed by atoms with Gasteiger partial charge in [-0.2, -0.15) is 0 Å². The minimum absolute atomic E-state index is 0.800. The Labute approximate surface area is 173 Å². The predicted molar refractivity (Wildman–Crippen MR) is 115 cm³/mol. The second-order valence-corrected chi connectivity index (χ2v) is 10.7. The van der Waals surface area contributed by atoms with E-state index >= 15 is 0 Å². The quantitative estimate of drug-likeness (QED) is 0.391. The molecule has 0 spiro atoms. The number of halogens is 2. The number of hydrogen-bond donors (Lipinski definition) is 0. The average molecular weight is 472 g/mol. The van der Waals surface area contributed by atoms with Gasteiger partial charge in [0.25, 0.3) is 0 Å². The molecule has 4 bridgehead atoms. The third kappa shape index (κ3) is 2.30. The zero-order valence-electron chi connectivity index (χ0n) is 15.0. The third-order valence-electron chi connectivity index (χ3n) is 7.85. The zero-order chi connectivity index (χ0) is 17.4. The Balaban J connectivity index is 1.52. The van der Waals surface area contributed by atoms with Crippen LogP contribution in [0, 0.1) is 0 Å². The van der Waals surface area contributed by atoms with Gasteiger partial charge in [0, 0.05) is 8.95 Å². The first-order chi connectivity index (χ1) is 12.7. The molecule has 0 heterocycles. The van der Waals surface area contributed by atoms with Crippen LogP contribution in [0.25, 0.3) is 11.1 Å². The Morgan fingerprint density at radius 2 is 0.731 bits per heavy atom. The van der Waals surface area contributed by atoms with Crippen molar-refractivity contribution < 1.29 is 0 Å². The number of fused-ring (bicyclic) bond motifs is 4. The van der Waals surface area contributed by atoms with Crippen molar-refractivity contribution in [1.82, 2.24) is 0 Å². The first-order valence-corrected chi connectivity index (χ1v) is 11.9. The summed E-state index contributed by atoms with van der Waals surface area (Å²) in [5.74, 6) is 3.22. The molecule has 2 heteroatoms. The minimum atomic E-state index is 0.800. The lowest BCUT2D eigenvalue weighted by Crippen LogP contribution is -2.22. The molecule has 134 valence electrons. The van der Waals surface area contributed by atoms with E-state index in [0.717, 1.165) is 23.7 Å². The van der Waals surface area contributed by atoms with Crippen LogP contribution in [0.5, 0.6) is 0 Å². The molecule has 0 radical (unpaired) electrons. The molecule has 2 fully saturated rings. The van der Waals surface area contributed by atoms with Gasteiger partial charge in [-0.25, -0.2) is 0 Å². The predicted octanol–water partition coefficient (Wildman–Crippen LogP) is 8.39. The van der Waals surface area contributed by atoms with Gasteiger partial charge in [-0.05, 0) is 133 Å². The molecule has 0 aromatic heterocycles. The molecular weight excluding hydrogens is 448 g/mol. The summed E-state index contributed by atoms with van der Waals surface area (Å²) >= 11 is 7.87. The molecule has 6 aliphatic rings. The van der Waals surface area contributed by atoms with E-state index in [1.807, 2.05) is 0 Å². The van der Waals surface area contributed by atoms with Crippen LogP contribution in [0.15, 0.2) is 33.2 Å². The van der Waals surface area contributed by atoms with Crippen LogP contribution in [0.4, 0.5) is 0 Å². The van der Waals surface area contributed by atoms with Crippen LogP contribution in [0.1, 0.15) is 97.3 Å². The molecule has 0 amide bonds. The molecule has 2 saturated carbocycles. The highest BCUT2D eigenvalue weighted by molar-refractivity contribution is 9.11. The number of benzene rings is 2. The first kappa shape index (κ1) is 16.4. The molecule has 2 aromatic rings. The van der Waals surface area contributed by atoms with Crippen molar-refractivity contribution in [2.45, 2.75) is 75.0 Å². The van der Waals surface area contributed by atoms with Crippen molar-refractivity contribution in [2.75, 3.05) is 0 Å². The molecule has 0 nitrogen and oxygen atoms in total. The van der Waals surface area contributed by atoms with Crippen molar-refractivity contribution in [3.05, 3.63) is 55.5 Å². The lowest BCUT2D eigenvalue weighted by Gasteiger charge is -2.40. The van der Waals surface area contributed by atoms with Crippen LogP contribution in [0.2, 0.25) is 0 Å². The van der Waals surface area contributed by atoms with Crippen LogP contribution >= 0.6 is 31.9 Å². The summed E-state index contributed by atoms with van der Waals surface area (Å²) in [5, 5.41) is 0. The second kappa shape index (κ2) is 5.95. The fourth-order valence-corrected chi connectivity index (χ4v) is 7.62. The highest BCUT2D eigenvalue weighted by Gasteiger charge is 2.35. The summed E-state index contributed by atoms with van der Waals surface area (Å²) in [6, 6.07) is 9.98. The normalized spacial score (nSPS) is 31.0. The lowest BCUT2D eigenvalue weighted by molar-refractivity contribution is 0.358. The van der Waals surface area contributed by atoms with Gasteiger partial charge in [-0.3, -0.25) is 0 Å². The standard InChI is InChI=1S/C24H24Br2/c25-23-11-19-15-5-1-13(2-6-15)17(19)9-21(23)22-10-18-14-3-7-16(8-4-14)20(18)12-24(22)26/h9-16H,1-8H2. The Morgan fingerprint density at radius 1 is 0.462 bits per heavy atom. The molecule has 0 aliphatic heterocycles. The highest BCUT2D eigenvalue weighted by Crippen LogP contribution is 2.54. The molecule has 0 atom stereocenters. The van der Waals surface area contributed by atoms with Gasteiger partial charge in [0.2, 0.25) is 0 Å². The van der Waals surface area contributed by atoms with Gasteiger partial charge in [-0.15, -0.1) is 0 Å². The van der Waals surface area contributed by atoms with Crippen molar-refractivity contribution in [3.63, 3.8) is 0 Å². The molecule has 0 saturated heterocycles. The summed E-state index contributed by atoms with van der Waals surface area (Å²) in [7, 11) is 0. The van der Waals surface area contributed by atoms with Gasteiger partial charge < -0.3 is 0 Å². The topological polar surface area (TPSA) is 0 Å². The largest absolute Gasteiger partial charge is 0.0501 e. The minimum Gasteiger partial charge on any atom is -0.0501 e. The molecular formula is C24H24Br2. The number of hydrogen-bond acceptors (Lipinski definition) is 0. The molecule has 0 N–H and O–H groups in total. The van der Waals surface area contributed by atoms with Crippen molar-refractivity contribution >= 4 is 31.9 Å². The van der Waals surface area contributed by atoms with Gasteiger partial charge in [0.15, 0.2) is 0 Å². The zero-order valence-corrected chi connectivity index (χ0v) is 18.2. The van der Waals surface area contributed by atoms with E-state index in [4.69, 9.17) is 0 Å². The van der Waals surface area contributed by atoms with Crippen LogP contribution < -0.4 is 0 Å². The van der Waals surface area contributed by atoms with Gasteiger partial charge in [-0.1, -0.05) is 31.9 Å². The van der Waals surface area contributed by atoms with Crippen molar-refractivity contribution in [3.8, 4) is 11.1 Å². The molecule has 8 rings (SSSR count). The van der Waals surface area contributed by atoms with Crippen LogP contribution in [0.3, 0.4) is 0 Å². The van der Waals surface area contributed by atoms with Crippen molar-refractivity contribution in [2.24, 2.45) is 0 Å². The summed E-state index contributed by atoms with van der Waals surface area (Å²) in [4.78, 5) is 0. The molecule has 2 aromatic carbocycles. The van der Waals surface area contributed by atoms with Gasteiger partial charge >= 0.3 is 0 Å². The lowest BCUT2D eigenvalue weighted by atomic mass is 9.66. The van der Waals surface area contributed by atoms with E-state index in [9.17, 15) is 0 Å². The maximum Gasteiger partial charge on any atom is 0.0257 e. The smallest absolute Gasteiger partial charge is 0.0257 e. The van der Waals surface area contributed by atoms with Gasteiger partial charge in [0.05, 0.1) is 0 Å². The Morgan fingerprint density at radius 3 is 1.04 bits per heavy atom.